The lowest BCUT2D eigenvalue weighted by molar-refractivity contribution is 0.263. The van der Waals surface area contributed by atoms with Crippen molar-refractivity contribution in [1.29, 1.82) is 0 Å². The molecule has 5 heteroatoms. The minimum atomic E-state index is 0.270. The highest BCUT2D eigenvalue weighted by atomic mass is 16.3. The number of aromatic nitrogens is 3. The van der Waals surface area contributed by atoms with Crippen molar-refractivity contribution in [2.45, 2.75) is 12.8 Å². The van der Waals surface area contributed by atoms with Gasteiger partial charge in [0.25, 0.3) is 0 Å². The molecule has 1 unspecified atom stereocenters. The van der Waals surface area contributed by atoms with Gasteiger partial charge >= 0.3 is 0 Å². The first kappa shape index (κ1) is 12.2. The summed E-state index contributed by atoms with van der Waals surface area (Å²) in [4.78, 5) is 14.1. The molecule has 0 amide bonds. The number of aliphatic hydroxyl groups is 1. The van der Waals surface area contributed by atoms with Crippen LogP contribution < -0.4 is 4.90 Å². The van der Waals surface area contributed by atoms with Crippen molar-refractivity contribution in [1.82, 2.24) is 15.0 Å². The highest BCUT2D eigenvalue weighted by Gasteiger charge is 2.23. The standard InChI is InChI=1S/C14H18N4O/c19-6-3-11-2-5-18(10-11)14-16-8-13(9-17-14)12-1-4-15-7-12/h1,4,7-9,11,15,19H,2-3,5-6,10H2. The minimum absolute atomic E-state index is 0.270. The van der Waals surface area contributed by atoms with Crippen molar-refractivity contribution >= 4 is 5.95 Å². The van der Waals surface area contributed by atoms with Crippen LogP contribution in [0.1, 0.15) is 12.8 Å². The molecule has 1 atom stereocenters. The number of H-pyrrole nitrogens is 1. The van der Waals surface area contributed by atoms with E-state index < -0.39 is 0 Å². The number of hydrogen-bond acceptors (Lipinski definition) is 4. The van der Waals surface area contributed by atoms with E-state index in [9.17, 15) is 0 Å². The fraction of sp³-hybridized carbons (Fsp3) is 0.429. The Hall–Kier alpha value is -1.88. The molecule has 0 spiro atoms. The fourth-order valence-corrected chi connectivity index (χ4v) is 2.57. The van der Waals surface area contributed by atoms with E-state index >= 15 is 0 Å². The van der Waals surface area contributed by atoms with Crippen molar-refractivity contribution in [3.05, 3.63) is 30.9 Å². The van der Waals surface area contributed by atoms with Gasteiger partial charge in [0.2, 0.25) is 5.95 Å². The average molecular weight is 258 g/mol. The maximum atomic E-state index is 8.97. The lowest BCUT2D eigenvalue weighted by atomic mass is 10.1. The third kappa shape index (κ3) is 2.61. The number of nitrogens with one attached hydrogen (secondary N) is 1. The van der Waals surface area contributed by atoms with Crippen LogP contribution in [0.3, 0.4) is 0 Å². The molecule has 0 aliphatic carbocycles. The van der Waals surface area contributed by atoms with Crippen LogP contribution in [0.4, 0.5) is 5.95 Å². The van der Waals surface area contributed by atoms with E-state index in [4.69, 9.17) is 5.11 Å². The molecule has 1 saturated heterocycles. The predicted molar refractivity (Wildman–Crippen MR) is 73.8 cm³/mol. The maximum absolute atomic E-state index is 8.97. The molecule has 0 radical (unpaired) electrons. The van der Waals surface area contributed by atoms with E-state index in [1.54, 1.807) is 0 Å². The summed E-state index contributed by atoms with van der Waals surface area (Å²) in [5, 5.41) is 8.97. The van der Waals surface area contributed by atoms with E-state index in [-0.39, 0.29) is 6.61 Å². The first-order valence-electron chi connectivity index (χ1n) is 6.68. The van der Waals surface area contributed by atoms with E-state index in [0.717, 1.165) is 43.0 Å². The fourth-order valence-electron chi connectivity index (χ4n) is 2.57. The molecule has 0 bridgehead atoms. The van der Waals surface area contributed by atoms with Crippen LogP contribution in [-0.2, 0) is 0 Å². The number of aromatic amines is 1. The summed E-state index contributed by atoms with van der Waals surface area (Å²) in [5.74, 6) is 1.36. The Morgan fingerprint density at radius 1 is 1.32 bits per heavy atom. The zero-order chi connectivity index (χ0) is 13.1. The maximum Gasteiger partial charge on any atom is 0.225 e. The summed E-state index contributed by atoms with van der Waals surface area (Å²) in [7, 11) is 0. The zero-order valence-corrected chi connectivity index (χ0v) is 10.8. The van der Waals surface area contributed by atoms with E-state index in [1.807, 2.05) is 30.9 Å². The molecule has 2 aromatic rings. The van der Waals surface area contributed by atoms with Gasteiger partial charge in [0, 0.05) is 55.6 Å². The normalized spacial score (nSPS) is 19.0. The first-order valence-corrected chi connectivity index (χ1v) is 6.68. The molecule has 3 heterocycles. The molecule has 19 heavy (non-hydrogen) atoms. The molecule has 2 aromatic heterocycles. The van der Waals surface area contributed by atoms with Gasteiger partial charge in [-0.15, -0.1) is 0 Å². The van der Waals surface area contributed by atoms with Crippen LogP contribution in [-0.4, -0.2) is 39.8 Å². The van der Waals surface area contributed by atoms with Gasteiger partial charge in [-0.25, -0.2) is 9.97 Å². The summed E-state index contributed by atoms with van der Waals surface area (Å²) in [6.07, 6.45) is 9.55. The molecule has 5 nitrogen and oxygen atoms in total. The SMILES string of the molecule is OCCC1CCN(c2ncc(-c3cc[nH]c3)cn2)C1. The highest BCUT2D eigenvalue weighted by molar-refractivity contribution is 5.61. The van der Waals surface area contributed by atoms with Crippen LogP contribution in [0.2, 0.25) is 0 Å². The highest BCUT2D eigenvalue weighted by Crippen LogP contribution is 2.24. The summed E-state index contributed by atoms with van der Waals surface area (Å²) < 4.78 is 0. The Kier molecular flexibility index (Phi) is 3.46. The molecule has 1 fully saturated rings. The third-order valence-corrected chi connectivity index (χ3v) is 3.68. The monoisotopic (exact) mass is 258 g/mol. The number of anilines is 1. The second-order valence-corrected chi connectivity index (χ2v) is 4.98. The summed E-state index contributed by atoms with van der Waals surface area (Å²) in [6.45, 7) is 2.20. The Morgan fingerprint density at radius 2 is 2.16 bits per heavy atom. The average Bonchev–Trinajstić information content (AvgIpc) is 3.10. The van der Waals surface area contributed by atoms with Crippen LogP contribution in [0.15, 0.2) is 30.9 Å². The van der Waals surface area contributed by atoms with Gasteiger partial charge in [0.1, 0.15) is 0 Å². The number of nitrogens with zero attached hydrogens (tertiary/aromatic N) is 3. The Balaban J connectivity index is 1.70. The quantitative estimate of drug-likeness (QED) is 0.875. The number of hydrogen-bond donors (Lipinski definition) is 2. The van der Waals surface area contributed by atoms with E-state index in [0.29, 0.717) is 5.92 Å². The van der Waals surface area contributed by atoms with Gasteiger partial charge in [-0.1, -0.05) is 0 Å². The molecule has 1 aliphatic rings. The lowest BCUT2D eigenvalue weighted by Crippen LogP contribution is -2.22. The number of aliphatic hydroxyl groups excluding tert-OH is 1. The largest absolute Gasteiger partial charge is 0.396 e. The summed E-state index contributed by atoms with van der Waals surface area (Å²) in [5.41, 5.74) is 2.13. The first-order chi connectivity index (χ1) is 9.36. The van der Waals surface area contributed by atoms with Crippen LogP contribution >= 0.6 is 0 Å². The Morgan fingerprint density at radius 3 is 2.84 bits per heavy atom. The molecule has 3 rings (SSSR count). The van der Waals surface area contributed by atoms with Crippen molar-refractivity contribution in [3.8, 4) is 11.1 Å². The molecule has 2 N–H and O–H groups in total. The predicted octanol–water partition coefficient (Wildman–Crippen LogP) is 1.68. The van der Waals surface area contributed by atoms with Gasteiger partial charge in [0.15, 0.2) is 0 Å². The van der Waals surface area contributed by atoms with Crippen LogP contribution in [0.25, 0.3) is 11.1 Å². The van der Waals surface area contributed by atoms with Gasteiger partial charge in [-0.05, 0) is 24.8 Å². The van der Waals surface area contributed by atoms with Crippen molar-refractivity contribution in [3.63, 3.8) is 0 Å². The Labute approximate surface area is 112 Å². The molecule has 0 aromatic carbocycles. The number of rotatable bonds is 4. The van der Waals surface area contributed by atoms with Crippen LogP contribution in [0, 0.1) is 5.92 Å². The van der Waals surface area contributed by atoms with Gasteiger partial charge in [-0.3, -0.25) is 0 Å². The van der Waals surface area contributed by atoms with Gasteiger partial charge < -0.3 is 15.0 Å². The van der Waals surface area contributed by atoms with Crippen molar-refractivity contribution in [2.24, 2.45) is 5.92 Å². The van der Waals surface area contributed by atoms with Gasteiger partial charge in [-0.2, -0.15) is 0 Å². The third-order valence-electron chi connectivity index (χ3n) is 3.68. The second-order valence-electron chi connectivity index (χ2n) is 4.98. The molecule has 100 valence electrons. The summed E-state index contributed by atoms with van der Waals surface area (Å²) in [6, 6.07) is 2.01. The smallest absolute Gasteiger partial charge is 0.225 e. The van der Waals surface area contributed by atoms with E-state index in [1.165, 1.54) is 0 Å². The molecular formula is C14H18N4O. The van der Waals surface area contributed by atoms with Crippen molar-refractivity contribution < 1.29 is 5.11 Å². The lowest BCUT2D eigenvalue weighted by Gasteiger charge is -2.16. The summed E-state index contributed by atoms with van der Waals surface area (Å²) >= 11 is 0. The topological polar surface area (TPSA) is 65.0 Å². The Bertz CT molecular complexity index is 509. The molecule has 1 aliphatic heterocycles. The minimum Gasteiger partial charge on any atom is -0.396 e. The van der Waals surface area contributed by atoms with Crippen molar-refractivity contribution in [2.75, 3.05) is 24.6 Å². The second kappa shape index (κ2) is 5.40. The van der Waals surface area contributed by atoms with Gasteiger partial charge in [0.05, 0.1) is 0 Å². The molecule has 0 saturated carbocycles. The molecular weight excluding hydrogens is 240 g/mol. The zero-order valence-electron chi connectivity index (χ0n) is 10.8. The van der Waals surface area contributed by atoms with Crippen LogP contribution in [0.5, 0.6) is 0 Å². The van der Waals surface area contributed by atoms with E-state index in [2.05, 4.69) is 19.9 Å².